The number of anilines is 1. The number of benzene rings is 1. The van der Waals surface area contributed by atoms with Crippen molar-refractivity contribution in [1.82, 2.24) is 10.2 Å². The Morgan fingerprint density at radius 1 is 1.38 bits per heavy atom. The third-order valence-electron chi connectivity index (χ3n) is 3.23. The average Bonchev–Trinajstić information content (AvgIpc) is 3.01. The van der Waals surface area contributed by atoms with Crippen molar-refractivity contribution in [3.8, 4) is 0 Å². The molecule has 2 heterocycles. The minimum absolute atomic E-state index is 0.0419. The number of carbonyl (C=O) groups is 1. The van der Waals surface area contributed by atoms with Gasteiger partial charge in [0.2, 0.25) is 5.13 Å². The van der Waals surface area contributed by atoms with Gasteiger partial charge in [0.15, 0.2) is 15.5 Å². The van der Waals surface area contributed by atoms with Gasteiger partial charge in [-0.15, -0.1) is 10.2 Å². The molecule has 0 saturated carbocycles. The molecule has 3 rings (SSSR count). The van der Waals surface area contributed by atoms with Crippen LogP contribution in [-0.2, 0) is 0 Å². The maximum Gasteiger partial charge on any atom is 0.293 e. The third kappa shape index (κ3) is 3.49. The summed E-state index contributed by atoms with van der Waals surface area (Å²) in [4.78, 5) is 24.5. The van der Waals surface area contributed by atoms with Crippen molar-refractivity contribution in [3.63, 3.8) is 0 Å². The predicted molar refractivity (Wildman–Crippen MR) is 96.1 cm³/mol. The second-order valence-electron chi connectivity index (χ2n) is 5.10. The van der Waals surface area contributed by atoms with Gasteiger partial charge in [-0.05, 0) is 25.0 Å². The molecule has 24 heavy (non-hydrogen) atoms. The van der Waals surface area contributed by atoms with Crippen molar-refractivity contribution < 1.29 is 9.21 Å². The van der Waals surface area contributed by atoms with Crippen LogP contribution in [-0.4, -0.2) is 21.9 Å². The first-order valence-electron chi connectivity index (χ1n) is 7.39. The Balaban J connectivity index is 1.85. The highest BCUT2D eigenvalue weighted by Crippen LogP contribution is 2.26. The molecule has 0 aliphatic heterocycles. The first-order chi connectivity index (χ1) is 11.6. The number of para-hydroxylation sites is 1. The van der Waals surface area contributed by atoms with Crippen molar-refractivity contribution >= 4 is 45.1 Å². The molecule has 0 bridgehead atoms. The number of carbonyl (C=O) groups excluding carboxylic acids is 1. The maximum atomic E-state index is 12.3. The molecule has 2 aromatic heterocycles. The molecule has 0 unspecified atom stereocenters. The molecular weight excluding hydrogens is 346 g/mol. The van der Waals surface area contributed by atoms with Crippen molar-refractivity contribution in [2.75, 3.05) is 11.1 Å². The smallest absolute Gasteiger partial charge is 0.293 e. The number of hydrogen-bond acceptors (Lipinski definition) is 7. The Labute approximate surface area is 146 Å². The largest absolute Gasteiger partial charge is 0.450 e. The molecule has 124 valence electrons. The van der Waals surface area contributed by atoms with Crippen LogP contribution >= 0.6 is 23.1 Å². The van der Waals surface area contributed by atoms with E-state index in [0.29, 0.717) is 16.1 Å². The summed E-state index contributed by atoms with van der Waals surface area (Å²) in [5.41, 5.74) is 0.974. The number of rotatable bonds is 5. The molecule has 0 aliphatic carbocycles. The number of hydrogen-bond donors (Lipinski definition) is 1. The lowest BCUT2D eigenvalue weighted by molar-refractivity contribution is 0.0997. The van der Waals surface area contributed by atoms with Crippen LogP contribution in [0.4, 0.5) is 5.13 Å². The topological polar surface area (TPSA) is 85.1 Å². The summed E-state index contributed by atoms with van der Waals surface area (Å²) >= 11 is 2.89. The van der Waals surface area contributed by atoms with Crippen LogP contribution in [0.3, 0.4) is 0 Å². The van der Waals surface area contributed by atoms with Crippen molar-refractivity contribution in [2.45, 2.75) is 24.6 Å². The summed E-state index contributed by atoms with van der Waals surface area (Å²) in [6.45, 7) is 3.91. The molecule has 0 atom stereocenters. The monoisotopic (exact) mass is 361 g/mol. The van der Waals surface area contributed by atoms with E-state index in [1.807, 2.05) is 13.0 Å². The Morgan fingerprint density at radius 3 is 3.00 bits per heavy atom. The van der Waals surface area contributed by atoms with Gasteiger partial charge in [0, 0.05) is 11.8 Å². The SMILES string of the molecule is CCCSc1nnc(NC(=O)c2cc(=O)c3cccc(C)c3o2)s1. The van der Waals surface area contributed by atoms with Crippen molar-refractivity contribution in [1.29, 1.82) is 0 Å². The molecule has 1 amide bonds. The predicted octanol–water partition coefficient (Wildman–Crippen LogP) is 3.71. The quantitative estimate of drug-likeness (QED) is 0.551. The number of aryl methyl sites for hydroxylation is 1. The first kappa shape index (κ1) is 16.7. The highest BCUT2D eigenvalue weighted by Gasteiger charge is 2.15. The number of nitrogens with one attached hydrogen (secondary N) is 1. The van der Waals surface area contributed by atoms with E-state index in [2.05, 4.69) is 22.4 Å². The molecule has 0 radical (unpaired) electrons. The van der Waals surface area contributed by atoms with Crippen LogP contribution in [0.1, 0.15) is 29.5 Å². The summed E-state index contributed by atoms with van der Waals surface area (Å²) in [5.74, 6) is 0.390. The molecule has 0 spiro atoms. The zero-order chi connectivity index (χ0) is 17.1. The molecule has 1 aromatic carbocycles. The van der Waals surface area contributed by atoms with Crippen LogP contribution < -0.4 is 10.7 Å². The van der Waals surface area contributed by atoms with Crippen LogP contribution in [0.15, 0.2) is 37.8 Å². The zero-order valence-corrected chi connectivity index (χ0v) is 14.8. The van der Waals surface area contributed by atoms with E-state index in [1.165, 1.54) is 17.4 Å². The molecule has 0 fully saturated rings. The summed E-state index contributed by atoms with van der Waals surface area (Å²) in [6.07, 6.45) is 1.04. The van der Waals surface area contributed by atoms with Gasteiger partial charge in [-0.2, -0.15) is 0 Å². The lowest BCUT2D eigenvalue weighted by Gasteiger charge is -2.04. The van der Waals surface area contributed by atoms with Crippen LogP contribution in [0.5, 0.6) is 0 Å². The van der Waals surface area contributed by atoms with E-state index in [-0.39, 0.29) is 11.2 Å². The van der Waals surface area contributed by atoms with E-state index in [1.54, 1.807) is 23.9 Å². The normalized spacial score (nSPS) is 10.9. The minimum atomic E-state index is -0.513. The zero-order valence-electron chi connectivity index (χ0n) is 13.2. The average molecular weight is 361 g/mol. The Morgan fingerprint density at radius 2 is 2.21 bits per heavy atom. The van der Waals surface area contributed by atoms with Gasteiger partial charge in [-0.25, -0.2) is 0 Å². The standard InChI is InChI=1S/C16H15N3O3S2/c1-3-7-23-16-19-18-15(24-16)17-14(21)12-8-11(20)10-6-4-5-9(2)13(10)22-12/h4-6,8H,3,7H2,1-2H3,(H,17,18,21). The fraction of sp³-hybridized carbons (Fsp3) is 0.250. The third-order valence-corrected chi connectivity index (χ3v) is 5.41. The van der Waals surface area contributed by atoms with E-state index in [9.17, 15) is 9.59 Å². The van der Waals surface area contributed by atoms with Crippen LogP contribution in [0.2, 0.25) is 0 Å². The first-order valence-corrected chi connectivity index (χ1v) is 9.20. The van der Waals surface area contributed by atoms with E-state index >= 15 is 0 Å². The molecule has 0 aliphatic rings. The van der Waals surface area contributed by atoms with E-state index < -0.39 is 5.91 Å². The van der Waals surface area contributed by atoms with Gasteiger partial charge >= 0.3 is 0 Å². The number of thioether (sulfide) groups is 1. The molecule has 8 heteroatoms. The van der Waals surface area contributed by atoms with Gasteiger partial charge < -0.3 is 4.42 Å². The van der Waals surface area contributed by atoms with Crippen LogP contribution in [0.25, 0.3) is 11.0 Å². The number of aromatic nitrogens is 2. The van der Waals surface area contributed by atoms with Gasteiger partial charge in [-0.1, -0.05) is 42.2 Å². The van der Waals surface area contributed by atoms with Gasteiger partial charge in [-0.3, -0.25) is 14.9 Å². The lowest BCUT2D eigenvalue weighted by Crippen LogP contribution is -2.15. The fourth-order valence-electron chi connectivity index (χ4n) is 2.10. The second-order valence-corrected chi connectivity index (χ2v) is 7.42. The van der Waals surface area contributed by atoms with Gasteiger partial charge in [0.05, 0.1) is 5.39 Å². The van der Waals surface area contributed by atoms with Crippen LogP contribution in [0, 0.1) is 6.92 Å². The fourth-order valence-corrected chi connectivity index (χ4v) is 3.77. The Hall–Kier alpha value is -2.19. The Bertz CT molecular complexity index is 949. The number of amides is 1. The molecule has 3 aromatic rings. The Kier molecular flexibility index (Phi) is 4.96. The van der Waals surface area contributed by atoms with Gasteiger partial charge in [0.25, 0.3) is 5.91 Å². The molecule has 0 saturated heterocycles. The maximum absolute atomic E-state index is 12.3. The van der Waals surface area contributed by atoms with Crippen molar-refractivity contribution in [2.24, 2.45) is 0 Å². The molecule has 6 nitrogen and oxygen atoms in total. The van der Waals surface area contributed by atoms with E-state index in [4.69, 9.17) is 4.42 Å². The van der Waals surface area contributed by atoms with Crippen molar-refractivity contribution in [3.05, 3.63) is 45.8 Å². The summed E-state index contributed by atoms with van der Waals surface area (Å²) in [6, 6.07) is 6.49. The highest BCUT2D eigenvalue weighted by atomic mass is 32.2. The summed E-state index contributed by atoms with van der Waals surface area (Å²) in [7, 11) is 0. The van der Waals surface area contributed by atoms with Gasteiger partial charge in [0.1, 0.15) is 5.58 Å². The molecule has 1 N–H and O–H groups in total. The second kappa shape index (κ2) is 7.14. The number of fused-ring (bicyclic) bond motifs is 1. The van der Waals surface area contributed by atoms with E-state index in [0.717, 1.165) is 22.1 Å². The summed E-state index contributed by atoms with van der Waals surface area (Å²) < 4.78 is 6.41. The lowest BCUT2D eigenvalue weighted by atomic mass is 10.1. The highest BCUT2D eigenvalue weighted by molar-refractivity contribution is 8.01. The summed E-state index contributed by atoms with van der Waals surface area (Å²) in [5, 5.41) is 11.4. The number of nitrogens with zero attached hydrogens (tertiary/aromatic N) is 2. The minimum Gasteiger partial charge on any atom is -0.450 e. The molecular formula is C16H15N3O3S2.